The molecule has 0 bridgehead atoms. The Hall–Kier alpha value is -3.30. The third-order valence-electron chi connectivity index (χ3n) is 5.11. The molecule has 0 aliphatic rings. The average molecular weight is 477 g/mol. The van der Waals surface area contributed by atoms with Crippen LogP contribution in [0.3, 0.4) is 0 Å². The van der Waals surface area contributed by atoms with Crippen LogP contribution in [0.15, 0.2) is 65.9 Å². The largest absolute Gasteiger partial charge is 0.298 e. The van der Waals surface area contributed by atoms with Crippen molar-refractivity contribution in [3.8, 4) is 11.4 Å². The van der Waals surface area contributed by atoms with Crippen molar-refractivity contribution in [2.75, 3.05) is 4.90 Å². The molecular weight excluding hydrogens is 452 g/mol. The second-order valence-electron chi connectivity index (χ2n) is 7.47. The maximum atomic E-state index is 12.4. The highest BCUT2D eigenvalue weighted by Gasteiger charge is 2.19. The Labute approximate surface area is 201 Å². The molecular formula is C24H24N6OS2. The lowest BCUT2D eigenvalue weighted by Crippen LogP contribution is -2.22. The molecule has 0 fully saturated rings. The van der Waals surface area contributed by atoms with E-state index in [-0.39, 0.29) is 5.91 Å². The Balaban J connectivity index is 1.54. The summed E-state index contributed by atoms with van der Waals surface area (Å²) >= 11 is 3.01. The number of carbonyl (C=O) groups excluding carboxylic acids is 1. The number of hydrogen-bond donors (Lipinski definition) is 0. The third kappa shape index (κ3) is 5.04. The van der Waals surface area contributed by atoms with Crippen LogP contribution in [0.1, 0.15) is 23.7 Å². The van der Waals surface area contributed by atoms with Gasteiger partial charge in [-0.25, -0.2) is 4.98 Å². The lowest BCUT2D eigenvalue weighted by molar-refractivity contribution is -0.115. The number of pyridine rings is 1. The van der Waals surface area contributed by atoms with Gasteiger partial charge in [-0.2, -0.15) is 0 Å². The van der Waals surface area contributed by atoms with Gasteiger partial charge in [0.1, 0.15) is 0 Å². The first-order chi connectivity index (χ1) is 16.0. The van der Waals surface area contributed by atoms with Gasteiger partial charge < -0.3 is 0 Å². The SMILES string of the molecule is C=CCn1c(SCc2csc(N(C(C)=O)c3ccc(C)c(C)c3)n2)nnc1-c1ccncc1. The fourth-order valence-corrected chi connectivity index (χ4v) is 5.13. The van der Waals surface area contributed by atoms with Gasteiger partial charge in [-0.15, -0.1) is 28.1 Å². The number of thioether (sulfide) groups is 1. The van der Waals surface area contributed by atoms with E-state index in [0.717, 1.165) is 33.5 Å². The number of nitrogens with zero attached hydrogens (tertiary/aromatic N) is 6. The summed E-state index contributed by atoms with van der Waals surface area (Å²) in [6, 6.07) is 9.82. The molecule has 9 heteroatoms. The minimum atomic E-state index is -0.0699. The molecule has 1 amide bonds. The maximum Gasteiger partial charge on any atom is 0.230 e. The number of anilines is 2. The molecule has 168 valence electrons. The van der Waals surface area contributed by atoms with Crippen LogP contribution >= 0.6 is 23.1 Å². The Morgan fingerprint density at radius 3 is 2.67 bits per heavy atom. The third-order valence-corrected chi connectivity index (χ3v) is 6.99. The number of hydrogen-bond acceptors (Lipinski definition) is 7. The van der Waals surface area contributed by atoms with Gasteiger partial charge in [0.25, 0.3) is 0 Å². The van der Waals surface area contributed by atoms with Crippen LogP contribution in [0, 0.1) is 13.8 Å². The van der Waals surface area contributed by atoms with E-state index in [2.05, 4.69) is 28.7 Å². The van der Waals surface area contributed by atoms with Gasteiger partial charge in [0, 0.05) is 42.6 Å². The fourth-order valence-electron chi connectivity index (χ4n) is 3.30. The minimum Gasteiger partial charge on any atom is -0.298 e. The van der Waals surface area contributed by atoms with Crippen molar-refractivity contribution in [3.05, 3.63) is 77.6 Å². The van der Waals surface area contributed by atoms with Gasteiger partial charge in [-0.3, -0.25) is 19.2 Å². The number of thiazole rings is 1. The maximum absolute atomic E-state index is 12.4. The summed E-state index contributed by atoms with van der Waals surface area (Å²) in [4.78, 5) is 22.9. The average Bonchev–Trinajstić information content (AvgIpc) is 3.43. The first kappa shape index (κ1) is 22.9. The highest BCUT2D eigenvalue weighted by molar-refractivity contribution is 7.98. The number of amides is 1. The van der Waals surface area contributed by atoms with Crippen LogP contribution in [0.4, 0.5) is 10.8 Å². The number of aryl methyl sites for hydroxylation is 2. The van der Waals surface area contributed by atoms with Gasteiger partial charge in [0.05, 0.1) is 11.4 Å². The molecule has 3 aromatic heterocycles. The lowest BCUT2D eigenvalue weighted by Gasteiger charge is -2.19. The Bertz CT molecular complexity index is 1280. The van der Waals surface area contributed by atoms with Gasteiger partial charge in [0.2, 0.25) is 5.91 Å². The summed E-state index contributed by atoms with van der Waals surface area (Å²) in [5.41, 5.74) is 4.99. The van der Waals surface area contributed by atoms with Crippen LogP contribution in [0.25, 0.3) is 11.4 Å². The number of allylic oxidation sites excluding steroid dienone is 1. The van der Waals surface area contributed by atoms with Crippen LogP contribution in [0.2, 0.25) is 0 Å². The van der Waals surface area contributed by atoms with Gasteiger partial charge in [-0.1, -0.05) is 23.9 Å². The molecule has 0 saturated heterocycles. The second kappa shape index (κ2) is 10.1. The second-order valence-corrected chi connectivity index (χ2v) is 9.25. The van der Waals surface area contributed by atoms with Gasteiger partial charge >= 0.3 is 0 Å². The van der Waals surface area contributed by atoms with E-state index in [1.165, 1.54) is 16.9 Å². The zero-order chi connectivity index (χ0) is 23.4. The predicted octanol–water partition coefficient (Wildman–Crippen LogP) is 5.58. The van der Waals surface area contributed by atoms with Crippen molar-refractivity contribution < 1.29 is 4.79 Å². The topological polar surface area (TPSA) is 76.8 Å². The van der Waals surface area contributed by atoms with E-state index in [1.807, 2.05) is 53.3 Å². The van der Waals surface area contributed by atoms with Crippen LogP contribution in [-0.2, 0) is 17.1 Å². The summed E-state index contributed by atoms with van der Waals surface area (Å²) in [5.74, 6) is 1.32. The Kier molecular flexibility index (Phi) is 7.00. The monoisotopic (exact) mass is 476 g/mol. The van der Waals surface area contributed by atoms with Crippen molar-refractivity contribution in [1.29, 1.82) is 0 Å². The van der Waals surface area contributed by atoms with E-state index in [9.17, 15) is 4.79 Å². The summed E-state index contributed by atoms with van der Waals surface area (Å²) in [5, 5.41) is 12.2. The fraction of sp³-hybridized carbons (Fsp3) is 0.208. The summed E-state index contributed by atoms with van der Waals surface area (Å²) in [6.07, 6.45) is 5.30. The molecule has 4 rings (SSSR count). The van der Waals surface area contributed by atoms with E-state index < -0.39 is 0 Å². The highest BCUT2D eigenvalue weighted by atomic mass is 32.2. The normalized spacial score (nSPS) is 10.9. The molecule has 1 aromatic carbocycles. The zero-order valence-corrected chi connectivity index (χ0v) is 20.4. The molecule has 0 aliphatic carbocycles. The van der Waals surface area contributed by atoms with Gasteiger partial charge in [-0.05, 0) is 49.2 Å². The van der Waals surface area contributed by atoms with Crippen molar-refractivity contribution in [2.24, 2.45) is 0 Å². The Morgan fingerprint density at radius 2 is 1.97 bits per heavy atom. The molecule has 0 spiro atoms. The van der Waals surface area contributed by atoms with Crippen molar-refractivity contribution >= 4 is 39.8 Å². The molecule has 0 saturated carbocycles. The highest BCUT2D eigenvalue weighted by Crippen LogP contribution is 2.32. The smallest absolute Gasteiger partial charge is 0.230 e. The summed E-state index contributed by atoms with van der Waals surface area (Å²) < 4.78 is 2.03. The summed E-state index contributed by atoms with van der Waals surface area (Å²) in [7, 11) is 0. The van der Waals surface area contributed by atoms with Gasteiger partial charge in [0.15, 0.2) is 16.1 Å². The standard InChI is InChI=1S/C24H24N6OS2/c1-5-12-29-22(19-8-10-25-11-9-19)27-28-24(29)33-15-20-14-32-23(26-20)30(18(4)31)21-7-6-16(2)17(3)13-21/h5-11,13-14H,1,12,15H2,2-4H3. The molecule has 33 heavy (non-hydrogen) atoms. The van der Waals surface area contributed by atoms with Crippen molar-refractivity contribution in [2.45, 2.75) is 38.2 Å². The quantitative estimate of drug-likeness (QED) is 0.244. The van der Waals surface area contributed by atoms with Crippen LogP contribution in [-0.4, -0.2) is 30.6 Å². The molecule has 4 aromatic rings. The number of rotatable bonds is 8. The predicted molar refractivity (Wildman–Crippen MR) is 134 cm³/mol. The number of aromatic nitrogens is 5. The van der Waals surface area contributed by atoms with E-state index in [4.69, 9.17) is 4.98 Å². The molecule has 7 nitrogen and oxygen atoms in total. The number of carbonyl (C=O) groups is 1. The summed E-state index contributed by atoms with van der Waals surface area (Å²) in [6.45, 7) is 10.1. The number of benzene rings is 1. The van der Waals surface area contributed by atoms with Crippen molar-refractivity contribution in [3.63, 3.8) is 0 Å². The van der Waals surface area contributed by atoms with Crippen molar-refractivity contribution in [1.82, 2.24) is 24.7 Å². The first-order valence-electron chi connectivity index (χ1n) is 10.4. The minimum absolute atomic E-state index is 0.0699. The molecule has 0 N–H and O–H groups in total. The zero-order valence-electron chi connectivity index (χ0n) is 18.7. The van der Waals surface area contributed by atoms with E-state index in [0.29, 0.717) is 17.4 Å². The lowest BCUT2D eigenvalue weighted by atomic mass is 10.1. The van der Waals surface area contributed by atoms with Crippen LogP contribution in [0.5, 0.6) is 0 Å². The Morgan fingerprint density at radius 1 is 1.18 bits per heavy atom. The van der Waals surface area contributed by atoms with E-state index >= 15 is 0 Å². The molecule has 3 heterocycles. The molecule has 0 unspecified atom stereocenters. The molecule has 0 radical (unpaired) electrons. The molecule has 0 aliphatic heterocycles. The van der Waals surface area contributed by atoms with E-state index in [1.54, 1.807) is 36.0 Å². The first-order valence-corrected chi connectivity index (χ1v) is 12.2. The molecule has 0 atom stereocenters. The van der Waals surface area contributed by atoms with Crippen LogP contribution < -0.4 is 4.90 Å².